The number of rotatable bonds is 2. The summed E-state index contributed by atoms with van der Waals surface area (Å²) in [7, 11) is 0. The average molecular weight is 241 g/mol. The van der Waals surface area contributed by atoms with Crippen LogP contribution in [0.15, 0.2) is 41.1 Å². The molecule has 0 fully saturated rings. The van der Waals surface area contributed by atoms with E-state index in [0.29, 0.717) is 11.3 Å². The van der Waals surface area contributed by atoms with E-state index in [1.807, 2.05) is 24.3 Å². The van der Waals surface area contributed by atoms with Gasteiger partial charge in [-0.2, -0.15) is 0 Å². The van der Waals surface area contributed by atoms with Gasteiger partial charge in [0.05, 0.1) is 6.26 Å². The van der Waals surface area contributed by atoms with Crippen molar-refractivity contribution < 1.29 is 14.3 Å². The molecule has 0 aliphatic carbocycles. The fourth-order valence-electron chi connectivity index (χ4n) is 2.21. The molecular weight excluding hydrogens is 230 g/mol. The molecule has 2 N–H and O–H groups in total. The molecular formula is C14H11NO3. The minimum absolute atomic E-state index is 0.222. The molecule has 0 saturated carbocycles. The number of para-hydroxylation sites is 1. The van der Waals surface area contributed by atoms with Gasteiger partial charge >= 0.3 is 5.97 Å². The van der Waals surface area contributed by atoms with E-state index in [9.17, 15) is 9.90 Å². The van der Waals surface area contributed by atoms with Crippen molar-refractivity contribution in [3.05, 3.63) is 48.0 Å². The quantitative estimate of drug-likeness (QED) is 0.722. The number of carboxylic acid groups (broad SMARTS) is 1. The number of benzene rings is 1. The zero-order chi connectivity index (χ0) is 12.7. The second-order valence-electron chi connectivity index (χ2n) is 4.13. The maximum atomic E-state index is 11.3. The molecule has 0 bridgehead atoms. The summed E-state index contributed by atoms with van der Waals surface area (Å²) in [5.41, 5.74) is 2.65. The van der Waals surface area contributed by atoms with Crippen LogP contribution in [-0.2, 0) is 0 Å². The van der Waals surface area contributed by atoms with E-state index in [4.69, 9.17) is 4.42 Å². The highest BCUT2D eigenvalue weighted by molar-refractivity contribution is 6.03. The van der Waals surface area contributed by atoms with Crippen molar-refractivity contribution in [3.8, 4) is 11.1 Å². The Morgan fingerprint density at radius 1 is 1.28 bits per heavy atom. The molecule has 0 atom stereocenters. The summed E-state index contributed by atoms with van der Waals surface area (Å²) < 4.78 is 5.23. The predicted octanol–water partition coefficient (Wildman–Crippen LogP) is 3.43. The van der Waals surface area contributed by atoms with E-state index in [1.165, 1.54) is 6.26 Å². The molecule has 0 aliphatic heterocycles. The fourth-order valence-corrected chi connectivity index (χ4v) is 2.21. The Hall–Kier alpha value is -2.49. The van der Waals surface area contributed by atoms with Crippen molar-refractivity contribution in [2.75, 3.05) is 0 Å². The van der Waals surface area contributed by atoms with Crippen LogP contribution >= 0.6 is 0 Å². The van der Waals surface area contributed by atoms with E-state index < -0.39 is 5.97 Å². The summed E-state index contributed by atoms with van der Waals surface area (Å²) in [6, 6.07) is 7.76. The van der Waals surface area contributed by atoms with Gasteiger partial charge in [0, 0.05) is 28.2 Å². The molecule has 0 saturated heterocycles. The summed E-state index contributed by atoms with van der Waals surface area (Å²) in [6.07, 6.45) is 3.30. The number of aromatic nitrogens is 1. The Balaban J connectivity index is 2.30. The van der Waals surface area contributed by atoms with Crippen LogP contribution in [0.4, 0.5) is 0 Å². The second-order valence-corrected chi connectivity index (χ2v) is 4.13. The molecule has 3 rings (SSSR count). The van der Waals surface area contributed by atoms with Crippen LogP contribution in [-0.4, -0.2) is 16.1 Å². The first kappa shape index (κ1) is 10.7. The third kappa shape index (κ3) is 1.43. The Morgan fingerprint density at radius 3 is 2.83 bits per heavy atom. The van der Waals surface area contributed by atoms with Gasteiger partial charge in [-0.25, -0.2) is 4.79 Å². The van der Waals surface area contributed by atoms with Crippen LogP contribution < -0.4 is 0 Å². The van der Waals surface area contributed by atoms with Crippen molar-refractivity contribution >= 4 is 16.9 Å². The van der Waals surface area contributed by atoms with E-state index >= 15 is 0 Å². The van der Waals surface area contributed by atoms with Crippen molar-refractivity contribution in [1.82, 2.24) is 4.98 Å². The normalized spacial score (nSPS) is 10.9. The zero-order valence-corrected chi connectivity index (χ0v) is 9.73. The first-order valence-electron chi connectivity index (χ1n) is 5.56. The second kappa shape index (κ2) is 3.77. The predicted molar refractivity (Wildman–Crippen MR) is 67.7 cm³/mol. The summed E-state index contributed by atoms with van der Waals surface area (Å²) in [5, 5.41) is 10.2. The Kier molecular flexibility index (Phi) is 2.23. The molecule has 0 unspecified atom stereocenters. The van der Waals surface area contributed by atoms with Gasteiger partial charge in [0.15, 0.2) is 0 Å². The lowest BCUT2D eigenvalue weighted by molar-refractivity contribution is 0.0696. The van der Waals surface area contributed by atoms with E-state index in [-0.39, 0.29) is 5.56 Å². The lowest BCUT2D eigenvalue weighted by Gasteiger charge is -1.98. The Bertz CT molecular complexity index is 736. The molecule has 2 heterocycles. The SMILES string of the molecule is Cc1occ(-c2c[nH]c3ccccc23)c1C(=O)O. The third-order valence-electron chi connectivity index (χ3n) is 3.07. The molecule has 4 heteroatoms. The van der Waals surface area contributed by atoms with Crippen LogP contribution in [0.2, 0.25) is 0 Å². The van der Waals surface area contributed by atoms with Crippen LogP contribution in [0.5, 0.6) is 0 Å². The maximum absolute atomic E-state index is 11.3. The molecule has 3 aromatic rings. The van der Waals surface area contributed by atoms with Crippen LogP contribution in [0.3, 0.4) is 0 Å². The standard InChI is InChI=1S/C14H11NO3/c1-8-13(14(16)17)11(7-18-8)10-6-15-12-5-3-2-4-9(10)12/h2-7,15H,1H3,(H,16,17). The highest BCUT2D eigenvalue weighted by atomic mass is 16.4. The van der Waals surface area contributed by atoms with E-state index in [2.05, 4.69) is 4.98 Å². The van der Waals surface area contributed by atoms with Crippen molar-refractivity contribution in [3.63, 3.8) is 0 Å². The minimum atomic E-state index is -0.971. The summed E-state index contributed by atoms with van der Waals surface area (Å²) in [6.45, 7) is 1.65. The first-order valence-corrected chi connectivity index (χ1v) is 5.56. The lowest BCUT2D eigenvalue weighted by Crippen LogP contribution is -1.98. The van der Waals surface area contributed by atoms with Crippen LogP contribution in [0.25, 0.3) is 22.0 Å². The Morgan fingerprint density at radius 2 is 2.06 bits per heavy atom. The molecule has 18 heavy (non-hydrogen) atoms. The van der Waals surface area contributed by atoms with Gasteiger partial charge in [0.25, 0.3) is 0 Å². The fraction of sp³-hybridized carbons (Fsp3) is 0.0714. The van der Waals surface area contributed by atoms with E-state index in [1.54, 1.807) is 13.1 Å². The number of carbonyl (C=O) groups is 1. The number of fused-ring (bicyclic) bond motifs is 1. The zero-order valence-electron chi connectivity index (χ0n) is 9.73. The molecule has 0 amide bonds. The number of aromatic carboxylic acids is 1. The Labute approximate surface area is 103 Å². The number of nitrogens with one attached hydrogen (secondary N) is 1. The van der Waals surface area contributed by atoms with Gasteiger partial charge in [0.1, 0.15) is 11.3 Å². The molecule has 1 aromatic carbocycles. The molecule has 2 aromatic heterocycles. The summed E-state index contributed by atoms with van der Waals surface area (Å²) in [5.74, 6) is -0.552. The van der Waals surface area contributed by atoms with Gasteiger partial charge in [-0.1, -0.05) is 18.2 Å². The molecule has 0 aliphatic rings. The number of hydrogen-bond acceptors (Lipinski definition) is 2. The number of H-pyrrole nitrogens is 1. The van der Waals surface area contributed by atoms with Crippen LogP contribution in [0.1, 0.15) is 16.1 Å². The summed E-state index contributed by atoms with van der Waals surface area (Å²) in [4.78, 5) is 14.4. The smallest absolute Gasteiger partial charge is 0.339 e. The van der Waals surface area contributed by atoms with Crippen molar-refractivity contribution in [2.45, 2.75) is 6.92 Å². The van der Waals surface area contributed by atoms with Crippen molar-refractivity contribution in [1.29, 1.82) is 0 Å². The van der Waals surface area contributed by atoms with Gasteiger partial charge in [-0.3, -0.25) is 0 Å². The number of carboxylic acids is 1. The van der Waals surface area contributed by atoms with Gasteiger partial charge < -0.3 is 14.5 Å². The summed E-state index contributed by atoms with van der Waals surface area (Å²) >= 11 is 0. The number of furan rings is 1. The highest BCUT2D eigenvalue weighted by Gasteiger charge is 2.20. The highest BCUT2D eigenvalue weighted by Crippen LogP contribution is 2.33. The topological polar surface area (TPSA) is 66.2 Å². The van der Waals surface area contributed by atoms with Crippen LogP contribution in [0, 0.1) is 6.92 Å². The number of aryl methyl sites for hydroxylation is 1. The van der Waals surface area contributed by atoms with Gasteiger partial charge in [-0.15, -0.1) is 0 Å². The van der Waals surface area contributed by atoms with Gasteiger partial charge in [-0.05, 0) is 13.0 Å². The number of aromatic amines is 1. The first-order chi connectivity index (χ1) is 8.68. The average Bonchev–Trinajstić information content (AvgIpc) is 2.92. The molecule has 0 radical (unpaired) electrons. The molecule has 90 valence electrons. The molecule has 0 spiro atoms. The van der Waals surface area contributed by atoms with E-state index in [0.717, 1.165) is 16.5 Å². The minimum Gasteiger partial charge on any atom is -0.478 e. The largest absolute Gasteiger partial charge is 0.478 e. The lowest BCUT2D eigenvalue weighted by atomic mass is 10.0. The number of hydrogen-bond donors (Lipinski definition) is 2. The molecule has 4 nitrogen and oxygen atoms in total. The monoisotopic (exact) mass is 241 g/mol. The van der Waals surface area contributed by atoms with Gasteiger partial charge in [0.2, 0.25) is 0 Å². The third-order valence-corrected chi connectivity index (χ3v) is 3.07. The van der Waals surface area contributed by atoms with Crippen molar-refractivity contribution in [2.24, 2.45) is 0 Å². The maximum Gasteiger partial charge on any atom is 0.339 e.